The van der Waals surface area contributed by atoms with Crippen molar-refractivity contribution in [2.45, 2.75) is 0 Å². The van der Waals surface area contributed by atoms with Crippen molar-refractivity contribution in [2.24, 2.45) is 0 Å². The fourth-order valence-electron chi connectivity index (χ4n) is 0. The van der Waals surface area contributed by atoms with Crippen LogP contribution >= 0.6 is 0 Å². The maximum Gasteiger partial charge on any atom is 0.386 e. The number of nitrogens with zero attached hydrogens (tertiary/aromatic N) is 1. The van der Waals surface area contributed by atoms with Crippen molar-refractivity contribution in [1.29, 1.82) is 5.26 Å². The normalized spacial score (nSPS) is 2.75. The Morgan fingerprint density at radius 1 is 2.00 bits per heavy atom. The predicted molar refractivity (Wildman–Crippen MR) is 14.5 cm³/mol. The molecule has 0 rings (SSSR count). The van der Waals surface area contributed by atoms with E-state index in [0.717, 1.165) is 0 Å². The lowest BCUT2D eigenvalue weighted by Gasteiger charge is -1.03. The Morgan fingerprint density at radius 3 is 2.25 bits per heavy atom. The minimum Gasteiger partial charge on any atom is -0.130 e. The van der Waals surface area contributed by atoms with Crippen LogP contribution in [0.3, 0.4) is 0 Å². The van der Waals surface area contributed by atoms with Gasteiger partial charge in [0.25, 0.3) is 0 Å². The maximum absolute atomic E-state index is 7.45. The second-order valence-corrected chi connectivity index (χ2v) is 0.289. The van der Waals surface area contributed by atoms with Crippen LogP contribution in [0.5, 0.6) is 0 Å². The van der Waals surface area contributed by atoms with Gasteiger partial charge in [-0.1, -0.05) is 0 Å². The van der Waals surface area contributed by atoms with E-state index in [1.807, 2.05) is 6.08 Å². The van der Waals surface area contributed by atoms with Gasteiger partial charge in [-0.2, -0.15) is 0 Å². The highest BCUT2D eigenvalue weighted by atomic mass is 14.2. The van der Waals surface area contributed by atoms with Crippen molar-refractivity contribution in [3.8, 4) is 6.07 Å². The lowest BCUT2D eigenvalue weighted by molar-refractivity contribution is 1.53. The van der Waals surface area contributed by atoms with E-state index < -0.39 is 0 Å². The summed E-state index contributed by atoms with van der Waals surface area (Å²) in [6, 6.07) is 1.57. The van der Waals surface area contributed by atoms with E-state index in [2.05, 4.69) is 6.58 Å². The fraction of sp³-hybridized carbons (Fsp3) is 0. The highest BCUT2D eigenvalue weighted by Crippen LogP contribution is 1.38. The molecule has 0 bridgehead atoms. The molecule has 1 nitrogen and oxygen atoms in total. The molecule has 0 amide bonds. The summed E-state index contributed by atoms with van der Waals surface area (Å²) in [5.74, 6) is 0. The lowest BCUT2D eigenvalue weighted by Crippen LogP contribution is -1.26. The molecular formula is C3H2N+. The number of hydrogen-bond donors (Lipinski definition) is 0. The van der Waals surface area contributed by atoms with Gasteiger partial charge in [0, 0.05) is 0 Å². The molecule has 0 aliphatic carbocycles. The summed E-state index contributed by atoms with van der Waals surface area (Å²) in [6.07, 6.45) is 1.99. The summed E-state index contributed by atoms with van der Waals surface area (Å²) in [6.45, 7) is 2.99. The SMILES string of the molecule is C=[C+]C#N. The molecule has 0 heterocycles. The molecule has 4 heavy (non-hydrogen) atoms. The van der Waals surface area contributed by atoms with Crippen molar-refractivity contribution in [3.05, 3.63) is 12.7 Å². The van der Waals surface area contributed by atoms with E-state index in [4.69, 9.17) is 5.26 Å². The van der Waals surface area contributed by atoms with E-state index >= 15 is 0 Å². The van der Waals surface area contributed by atoms with E-state index in [1.165, 1.54) is 0 Å². The van der Waals surface area contributed by atoms with Gasteiger partial charge in [0.2, 0.25) is 0 Å². The van der Waals surface area contributed by atoms with Crippen molar-refractivity contribution >= 4 is 0 Å². The van der Waals surface area contributed by atoms with Gasteiger partial charge in [-0.15, -0.1) is 5.26 Å². The van der Waals surface area contributed by atoms with E-state index in [0.29, 0.717) is 0 Å². The van der Waals surface area contributed by atoms with Crippen molar-refractivity contribution in [2.75, 3.05) is 0 Å². The zero-order valence-corrected chi connectivity index (χ0v) is 2.15. The van der Waals surface area contributed by atoms with Crippen molar-refractivity contribution in [1.82, 2.24) is 0 Å². The maximum atomic E-state index is 7.45. The standard InChI is InChI=1S/C3H2N/c1-2-3-4/h1H2/q+1. The molecule has 0 aromatic carbocycles. The van der Waals surface area contributed by atoms with Crippen LogP contribution in [0.2, 0.25) is 0 Å². The molecule has 0 saturated carbocycles. The Bertz CT molecular complexity index is 48.8. The molecule has 0 unspecified atom stereocenters. The Hall–Kier alpha value is -0.860. The van der Waals surface area contributed by atoms with Gasteiger partial charge in [-0.3, -0.25) is 0 Å². The molecule has 1 heteroatoms. The molecule has 0 N–H and O–H groups in total. The lowest BCUT2D eigenvalue weighted by atomic mass is 10.8. The summed E-state index contributed by atoms with van der Waals surface area (Å²) in [4.78, 5) is 0. The minimum atomic E-state index is 1.57. The first-order valence-electron chi connectivity index (χ1n) is 0.827. The average Bonchev–Trinajstić information content (AvgIpc) is 1.37. The topological polar surface area (TPSA) is 23.8 Å². The second-order valence-electron chi connectivity index (χ2n) is 0.289. The third kappa shape index (κ3) is 1.14. The first-order valence-corrected chi connectivity index (χ1v) is 0.827. The Labute approximate surface area is 25.2 Å². The van der Waals surface area contributed by atoms with Crippen LogP contribution in [0.25, 0.3) is 0 Å². The fourth-order valence-corrected chi connectivity index (χ4v) is 0. The van der Waals surface area contributed by atoms with Gasteiger partial charge in [0.1, 0.15) is 0 Å². The number of allylic oxidation sites excluding steroid dienone is 1. The second kappa shape index (κ2) is 2.14. The molecule has 0 aliphatic rings. The van der Waals surface area contributed by atoms with Crippen LogP contribution in [-0.2, 0) is 0 Å². The molecule has 0 aromatic rings. The first kappa shape index (κ1) is 3.14. The largest absolute Gasteiger partial charge is 0.386 e. The van der Waals surface area contributed by atoms with Crippen LogP contribution in [0.4, 0.5) is 0 Å². The Kier molecular flexibility index (Phi) is 1.68. The summed E-state index contributed by atoms with van der Waals surface area (Å²) in [5, 5.41) is 7.45. The minimum absolute atomic E-state index is 1.57. The Morgan fingerprint density at radius 2 is 2.25 bits per heavy atom. The molecule has 0 fully saturated rings. The van der Waals surface area contributed by atoms with Gasteiger partial charge >= 0.3 is 12.1 Å². The Balaban J connectivity index is 2.92. The van der Waals surface area contributed by atoms with E-state index in [9.17, 15) is 0 Å². The predicted octanol–water partition coefficient (Wildman–Crippen LogP) is 0.499. The quantitative estimate of drug-likeness (QED) is 0.291. The summed E-state index contributed by atoms with van der Waals surface area (Å²) in [7, 11) is 0. The van der Waals surface area contributed by atoms with Crippen LogP contribution in [-0.4, -0.2) is 0 Å². The van der Waals surface area contributed by atoms with Crippen LogP contribution in [0.1, 0.15) is 0 Å². The number of rotatable bonds is 0. The number of nitriles is 1. The highest BCUT2D eigenvalue weighted by molar-refractivity contribution is 4.83. The average molecular weight is 52.1 g/mol. The smallest absolute Gasteiger partial charge is 0.130 e. The van der Waals surface area contributed by atoms with Crippen LogP contribution in [0.15, 0.2) is 6.58 Å². The van der Waals surface area contributed by atoms with Gasteiger partial charge in [-0.25, -0.2) is 0 Å². The molecule has 18 valence electrons. The van der Waals surface area contributed by atoms with E-state index in [-0.39, 0.29) is 0 Å². The zero-order valence-electron chi connectivity index (χ0n) is 2.15. The van der Waals surface area contributed by atoms with Gasteiger partial charge < -0.3 is 0 Å². The highest BCUT2D eigenvalue weighted by Gasteiger charge is 1.63. The molecule has 0 saturated heterocycles. The molecule has 0 radical (unpaired) electrons. The summed E-state index contributed by atoms with van der Waals surface area (Å²) >= 11 is 0. The third-order valence-electron chi connectivity index (χ3n) is 0.0791. The third-order valence-corrected chi connectivity index (χ3v) is 0.0791. The van der Waals surface area contributed by atoms with Crippen LogP contribution < -0.4 is 0 Å². The van der Waals surface area contributed by atoms with Gasteiger partial charge in [0.05, 0.1) is 0 Å². The van der Waals surface area contributed by atoms with Gasteiger partial charge in [0.15, 0.2) is 6.58 Å². The number of hydrogen-bond acceptors (Lipinski definition) is 1. The van der Waals surface area contributed by atoms with Crippen LogP contribution in [0, 0.1) is 17.4 Å². The molecule has 0 atom stereocenters. The van der Waals surface area contributed by atoms with Crippen molar-refractivity contribution in [3.63, 3.8) is 0 Å². The first-order chi connectivity index (χ1) is 1.91. The zero-order chi connectivity index (χ0) is 3.41. The summed E-state index contributed by atoms with van der Waals surface area (Å²) in [5.41, 5.74) is 0. The summed E-state index contributed by atoms with van der Waals surface area (Å²) < 4.78 is 0. The van der Waals surface area contributed by atoms with Gasteiger partial charge in [-0.05, 0) is 0 Å². The molecular weight excluding hydrogens is 50.0 g/mol. The van der Waals surface area contributed by atoms with Crippen molar-refractivity contribution < 1.29 is 0 Å². The van der Waals surface area contributed by atoms with E-state index in [1.54, 1.807) is 6.07 Å². The molecule has 0 aromatic heterocycles. The molecule has 0 aliphatic heterocycles. The monoisotopic (exact) mass is 52.0 g/mol. The molecule has 0 spiro atoms.